The Balaban J connectivity index is 1.46. The van der Waals surface area contributed by atoms with Gasteiger partial charge in [0.1, 0.15) is 0 Å². The lowest BCUT2D eigenvalue weighted by atomic mass is 10.1. The van der Waals surface area contributed by atoms with Crippen molar-refractivity contribution in [1.82, 2.24) is 14.9 Å². The van der Waals surface area contributed by atoms with E-state index < -0.39 is 12.1 Å². The van der Waals surface area contributed by atoms with Crippen molar-refractivity contribution in [3.05, 3.63) is 17.5 Å². The fourth-order valence-electron chi connectivity index (χ4n) is 3.25. The molecule has 4 rings (SSSR count). The SMILES string of the molecule is Cc1cc(C)nc(N2CCN(C3=NC(=O)C(F)C(C4CC4)=N3)CC2)n1. The van der Waals surface area contributed by atoms with E-state index in [1.54, 1.807) is 0 Å². The molecule has 0 spiro atoms. The number of anilines is 1. The van der Waals surface area contributed by atoms with Gasteiger partial charge in [-0.25, -0.2) is 19.4 Å². The van der Waals surface area contributed by atoms with Crippen molar-refractivity contribution in [2.24, 2.45) is 15.9 Å². The molecule has 1 aromatic heterocycles. The van der Waals surface area contributed by atoms with Crippen molar-refractivity contribution in [2.75, 3.05) is 31.1 Å². The maximum Gasteiger partial charge on any atom is 0.289 e. The molecule has 7 nitrogen and oxygen atoms in total. The number of guanidine groups is 1. The molecule has 25 heavy (non-hydrogen) atoms. The first-order valence-electron chi connectivity index (χ1n) is 8.68. The third-order valence-corrected chi connectivity index (χ3v) is 4.73. The summed E-state index contributed by atoms with van der Waals surface area (Å²) >= 11 is 0. The quantitative estimate of drug-likeness (QED) is 0.808. The second-order valence-corrected chi connectivity index (χ2v) is 6.85. The predicted octanol–water partition coefficient (Wildman–Crippen LogP) is 1.30. The van der Waals surface area contributed by atoms with Crippen LogP contribution in [-0.4, -0.2) is 64.8 Å². The second-order valence-electron chi connectivity index (χ2n) is 6.85. The fourth-order valence-corrected chi connectivity index (χ4v) is 3.25. The number of halogens is 1. The summed E-state index contributed by atoms with van der Waals surface area (Å²) in [5.74, 6) is 0.493. The standard InChI is InChI=1S/C17H21FN6O/c1-10-9-11(2)20-16(19-10)23-5-7-24(8-6-23)17-21-14(12-3-4-12)13(18)15(25)22-17/h9,12-13H,3-8H2,1-2H3. The number of aromatic nitrogens is 2. The van der Waals surface area contributed by atoms with Gasteiger partial charge < -0.3 is 9.80 Å². The Morgan fingerprint density at radius 1 is 1.00 bits per heavy atom. The van der Waals surface area contributed by atoms with Gasteiger partial charge in [-0.15, -0.1) is 0 Å². The zero-order valence-electron chi connectivity index (χ0n) is 14.4. The number of hydrogen-bond donors (Lipinski definition) is 0. The van der Waals surface area contributed by atoms with Gasteiger partial charge in [-0.05, 0) is 32.8 Å². The Morgan fingerprint density at radius 2 is 1.60 bits per heavy atom. The van der Waals surface area contributed by atoms with Gasteiger partial charge in [0.15, 0.2) is 0 Å². The van der Waals surface area contributed by atoms with Crippen molar-refractivity contribution in [3.63, 3.8) is 0 Å². The number of rotatable bonds is 2. The Morgan fingerprint density at radius 3 is 2.20 bits per heavy atom. The summed E-state index contributed by atoms with van der Waals surface area (Å²) in [4.78, 5) is 33.1. The number of aryl methyl sites for hydroxylation is 2. The van der Waals surface area contributed by atoms with Crippen LogP contribution in [0.3, 0.4) is 0 Å². The average Bonchev–Trinajstić information content (AvgIpc) is 3.41. The molecule has 1 aliphatic carbocycles. The summed E-state index contributed by atoms with van der Waals surface area (Å²) in [6, 6.07) is 1.95. The molecule has 3 aliphatic rings. The highest BCUT2D eigenvalue weighted by atomic mass is 19.1. The highest BCUT2D eigenvalue weighted by Gasteiger charge is 2.40. The minimum absolute atomic E-state index is 0.120. The number of carbonyl (C=O) groups excluding carboxylic acids is 1. The van der Waals surface area contributed by atoms with Crippen LogP contribution in [-0.2, 0) is 4.79 Å². The summed E-state index contributed by atoms with van der Waals surface area (Å²) in [5, 5.41) is 0. The molecule has 2 aliphatic heterocycles. The number of nitrogens with zero attached hydrogens (tertiary/aromatic N) is 6. The largest absolute Gasteiger partial charge is 0.337 e. The monoisotopic (exact) mass is 344 g/mol. The van der Waals surface area contributed by atoms with Crippen molar-refractivity contribution >= 4 is 23.5 Å². The van der Waals surface area contributed by atoms with Crippen LogP contribution in [0.4, 0.5) is 10.3 Å². The van der Waals surface area contributed by atoms with E-state index in [4.69, 9.17) is 0 Å². The Hall–Kier alpha value is -2.38. The van der Waals surface area contributed by atoms with E-state index in [0.29, 0.717) is 37.9 Å². The molecule has 1 saturated heterocycles. The molecule has 3 heterocycles. The van der Waals surface area contributed by atoms with Crippen LogP contribution in [0.1, 0.15) is 24.2 Å². The number of carbonyl (C=O) groups is 1. The predicted molar refractivity (Wildman–Crippen MR) is 92.8 cm³/mol. The first-order valence-corrected chi connectivity index (χ1v) is 8.68. The summed E-state index contributed by atoms with van der Waals surface area (Å²) in [6.07, 6.45) is 0.177. The van der Waals surface area contributed by atoms with Crippen molar-refractivity contribution in [3.8, 4) is 0 Å². The Labute approximate surface area is 145 Å². The van der Waals surface area contributed by atoms with Crippen molar-refractivity contribution in [1.29, 1.82) is 0 Å². The molecule has 1 aromatic rings. The molecule has 0 aromatic carbocycles. The summed E-state index contributed by atoms with van der Waals surface area (Å²) in [5.41, 5.74) is 2.26. The van der Waals surface area contributed by atoms with Gasteiger partial charge in [0.25, 0.3) is 5.91 Å². The molecule has 1 atom stereocenters. The van der Waals surface area contributed by atoms with Gasteiger partial charge in [-0.3, -0.25) is 4.79 Å². The van der Waals surface area contributed by atoms with Crippen LogP contribution in [0.25, 0.3) is 0 Å². The average molecular weight is 344 g/mol. The van der Waals surface area contributed by atoms with Crippen LogP contribution < -0.4 is 4.90 Å². The third-order valence-electron chi connectivity index (χ3n) is 4.73. The Kier molecular flexibility index (Phi) is 3.97. The lowest BCUT2D eigenvalue weighted by Gasteiger charge is -2.36. The molecule has 2 fully saturated rings. The maximum atomic E-state index is 14.0. The lowest BCUT2D eigenvalue weighted by molar-refractivity contribution is -0.120. The van der Waals surface area contributed by atoms with E-state index in [1.165, 1.54) is 0 Å². The first kappa shape index (κ1) is 16.1. The topological polar surface area (TPSA) is 74.1 Å². The van der Waals surface area contributed by atoms with Gasteiger partial charge >= 0.3 is 0 Å². The van der Waals surface area contributed by atoms with E-state index in [0.717, 1.165) is 30.2 Å². The number of piperazine rings is 1. The molecule has 0 radical (unpaired) electrons. The molecular formula is C17H21FN6O. The number of aliphatic imine (C=N–C) groups is 2. The van der Waals surface area contributed by atoms with Crippen LogP contribution in [0, 0.1) is 19.8 Å². The van der Waals surface area contributed by atoms with Crippen molar-refractivity contribution < 1.29 is 9.18 Å². The van der Waals surface area contributed by atoms with E-state index >= 15 is 0 Å². The molecule has 1 saturated carbocycles. The lowest BCUT2D eigenvalue weighted by Crippen LogP contribution is -2.50. The van der Waals surface area contributed by atoms with Crippen LogP contribution >= 0.6 is 0 Å². The molecular weight excluding hydrogens is 323 g/mol. The second kappa shape index (κ2) is 6.16. The fraction of sp³-hybridized carbons (Fsp3) is 0.588. The van der Waals surface area contributed by atoms with Crippen molar-refractivity contribution in [2.45, 2.75) is 32.9 Å². The molecule has 0 bridgehead atoms. The van der Waals surface area contributed by atoms with Gasteiger partial charge in [0.05, 0.1) is 5.71 Å². The van der Waals surface area contributed by atoms with Crippen LogP contribution in [0.5, 0.6) is 0 Å². The summed E-state index contributed by atoms with van der Waals surface area (Å²) in [7, 11) is 0. The molecule has 0 N–H and O–H groups in total. The first-order chi connectivity index (χ1) is 12.0. The summed E-state index contributed by atoms with van der Waals surface area (Å²) < 4.78 is 14.0. The van der Waals surface area contributed by atoms with E-state index in [-0.39, 0.29) is 5.92 Å². The highest BCUT2D eigenvalue weighted by molar-refractivity contribution is 6.18. The number of amides is 1. The van der Waals surface area contributed by atoms with Crippen LogP contribution in [0.15, 0.2) is 16.1 Å². The normalized spacial score (nSPS) is 24.3. The molecule has 1 unspecified atom stereocenters. The Bertz CT molecular complexity index is 744. The van der Waals surface area contributed by atoms with E-state index in [1.807, 2.05) is 24.8 Å². The van der Waals surface area contributed by atoms with Gasteiger partial charge in [0, 0.05) is 43.5 Å². The zero-order chi connectivity index (χ0) is 17.6. The minimum atomic E-state index is -1.65. The highest BCUT2D eigenvalue weighted by Crippen LogP contribution is 2.34. The number of hydrogen-bond acceptors (Lipinski definition) is 6. The smallest absolute Gasteiger partial charge is 0.289 e. The maximum absolute atomic E-state index is 14.0. The minimum Gasteiger partial charge on any atom is -0.337 e. The summed E-state index contributed by atoms with van der Waals surface area (Å²) in [6.45, 7) is 6.64. The molecule has 132 valence electrons. The van der Waals surface area contributed by atoms with Crippen LogP contribution in [0.2, 0.25) is 0 Å². The zero-order valence-corrected chi connectivity index (χ0v) is 14.4. The number of alkyl halides is 1. The third kappa shape index (κ3) is 3.25. The molecule has 8 heteroatoms. The van der Waals surface area contributed by atoms with E-state index in [9.17, 15) is 9.18 Å². The van der Waals surface area contributed by atoms with Gasteiger partial charge in [0.2, 0.25) is 18.1 Å². The van der Waals surface area contributed by atoms with Gasteiger partial charge in [-0.1, -0.05) is 0 Å². The van der Waals surface area contributed by atoms with Gasteiger partial charge in [-0.2, -0.15) is 4.99 Å². The van der Waals surface area contributed by atoms with E-state index in [2.05, 4.69) is 24.9 Å². The molecule has 1 amide bonds.